The van der Waals surface area contributed by atoms with Crippen molar-refractivity contribution in [3.05, 3.63) is 57.5 Å². The van der Waals surface area contributed by atoms with Crippen LogP contribution in [0.15, 0.2) is 46.2 Å². The van der Waals surface area contributed by atoms with Crippen molar-refractivity contribution in [1.29, 1.82) is 0 Å². The van der Waals surface area contributed by atoms with Crippen LogP contribution in [-0.4, -0.2) is 59.6 Å². The minimum Gasteiger partial charge on any atom is -0.384 e. The fraction of sp³-hybridized carbons (Fsp3) is 0.304. The predicted octanol–water partition coefficient (Wildman–Crippen LogP) is 0.822. The number of carbonyl (C=O) groups excluding carboxylic acids is 1. The molecule has 0 unspecified atom stereocenters. The number of rotatable bonds is 3. The average molecular weight is 461 g/mol. The van der Waals surface area contributed by atoms with Crippen LogP contribution in [0.4, 0.5) is 5.82 Å². The van der Waals surface area contributed by atoms with E-state index in [9.17, 15) is 19.5 Å². The second kappa shape index (κ2) is 8.34. The van der Waals surface area contributed by atoms with Gasteiger partial charge in [-0.3, -0.25) is 24.1 Å². The van der Waals surface area contributed by atoms with Crippen molar-refractivity contribution in [2.45, 2.75) is 31.9 Å². The zero-order valence-electron chi connectivity index (χ0n) is 18.4. The third kappa shape index (κ3) is 3.69. The van der Waals surface area contributed by atoms with Crippen LogP contribution < -0.4 is 17.0 Å². The zero-order chi connectivity index (χ0) is 24.0. The van der Waals surface area contributed by atoms with Gasteiger partial charge in [-0.05, 0) is 44.0 Å². The van der Waals surface area contributed by atoms with Crippen LogP contribution in [0.5, 0.6) is 0 Å². The molecule has 0 radical (unpaired) electrons. The first-order chi connectivity index (χ1) is 16.3. The van der Waals surface area contributed by atoms with E-state index >= 15 is 0 Å². The Morgan fingerprint density at radius 1 is 1.15 bits per heavy atom. The normalized spacial score (nSPS) is 15.6. The third-order valence-electron chi connectivity index (χ3n) is 6.19. The molecule has 0 bridgehead atoms. The maximum Gasteiger partial charge on any atom is 0.329 e. The van der Waals surface area contributed by atoms with E-state index in [0.717, 1.165) is 5.56 Å². The number of pyridine rings is 3. The molecule has 1 aliphatic heterocycles. The van der Waals surface area contributed by atoms with Gasteiger partial charge in [-0.1, -0.05) is 0 Å². The molecule has 1 amide bonds. The number of likely N-dealkylation sites (tertiary alicyclic amines) is 1. The van der Waals surface area contributed by atoms with Gasteiger partial charge in [-0.2, -0.15) is 0 Å². The molecule has 1 aliphatic rings. The number of anilines is 1. The van der Waals surface area contributed by atoms with Gasteiger partial charge < -0.3 is 15.7 Å². The lowest BCUT2D eigenvalue weighted by Gasteiger charge is -2.34. The highest BCUT2D eigenvalue weighted by molar-refractivity contribution is 6.01. The molecule has 4 N–H and O–H groups in total. The van der Waals surface area contributed by atoms with Gasteiger partial charge in [-0.25, -0.2) is 14.8 Å². The van der Waals surface area contributed by atoms with Gasteiger partial charge in [-0.15, -0.1) is 0 Å². The zero-order valence-corrected chi connectivity index (χ0v) is 18.4. The van der Waals surface area contributed by atoms with Gasteiger partial charge in [0.25, 0.3) is 11.5 Å². The summed E-state index contributed by atoms with van der Waals surface area (Å²) in [7, 11) is 0. The molecule has 0 aromatic carbocycles. The molecule has 4 aromatic rings. The first kappa shape index (κ1) is 21.7. The first-order valence-corrected chi connectivity index (χ1v) is 11.0. The Bertz CT molecular complexity index is 1520. The summed E-state index contributed by atoms with van der Waals surface area (Å²) in [5, 5.41) is 9.87. The summed E-state index contributed by atoms with van der Waals surface area (Å²) in [6.07, 6.45) is 2.96. The number of H-pyrrole nitrogens is 1. The number of aromatic amines is 1. The van der Waals surface area contributed by atoms with Gasteiger partial charge in [0.1, 0.15) is 17.4 Å². The van der Waals surface area contributed by atoms with E-state index < -0.39 is 17.4 Å². The van der Waals surface area contributed by atoms with Gasteiger partial charge >= 0.3 is 5.69 Å². The van der Waals surface area contributed by atoms with Gasteiger partial charge in [0.15, 0.2) is 0 Å². The van der Waals surface area contributed by atoms with E-state index in [0.29, 0.717) is 54.0 Å². The van der Waals surface area contributed by atoms with E-state index in [4.69, 9.17) is 10.7 Å². The summed E-state index contributed by atoms with van der Waals surface area (Å²) in [6.45, 7) is 2.22. The number of carbonyl (C=O) groups is 1. The number of nitrogen functional groups attached to an aromatic ring is 1. The molecular weight excluding hydrogens is 438 g/mol. The number of aliphatic hydroxyl groups is 1. The molecule has 1 fully saturated rings. The third-order valence-corrected chi connectivity index (χ3v) is 6.19. The lowest BCUT2D eigenvalue weighted by Crippen LogP contribution is -2.45. The second-order valence-electron chi connectivity index (χ2n) is 8.42. The van der Waals surface area contributed by atoms with Crippen LogP contribution in [0.25, 0.3) is 33.2 Å². The van der Waals surface area contributed by atoms with Crippen molar-refractivity contribution < 1.29 is 9.90 Å². The van der Waals surface area contributed by atoms with Gasteiger partial charge in [0.05, 0.1) is 22.1 Å². The molecule has 4 aromatic heterocycles. The summed E-state index contributed by atoms with van der Waals surface area (Å²) < 4.78 is 1.56. The smallest absolute Gasteiger partial charge is 0.329 e. The summed E-state index contributed by atoms with van der Waals surface area (Å²) in [4.78, 5) is 55.1. The molecular formula is C23H23N7O4. The van der Waals surface area contributed by atoms with Crippen LogP contribution in [0.2, 0.25) is 0 Å². The topological polar surface area (TPSA) is 160 Å². The Hall–Kier alpha value is -4.12. The van der Waals surface area contributed by atoms with Crippen molar-refractivity contribution in [2.75, 3.05) is 18.8 Å². The summed E-state index contributed by atoms with van der Waals surface area (Å²) in [5.74, 6) is 0.0487. The number of nitrogens with two attached hydrogens (primary N) is 1. The van der Waals surface area contributed by atoms with Gasteiger partial charge in [0.2, 0.25) is 0 Å². The fourth-order valence-electron chi connectivity index (χ4n) is 4.46. The maximum atomic E-state index is 13.0. The Morgan fingerprint density at radius 2 is 1.91 bits per heavy atom. The highest BCUT2D eigenvalue weighted by Gasteiger charge is 2.28. The van der Waals surface area contributed by atoms with Crippen molar-refractivity contribution in [3.8, 4) is 11.3 Å². The molecule has 1 atom stereocenters. The van der Waals surface area contributed by atoms with Crippen molar-refractivity contribution >= 4 is 33.7 Å². The molecule has 1 saturated heterocycles. The number of aromatic nitrogens is 5. The van der Waals surface area contributed by atoms with Crippen molar-refractivity contribution in [3.63, 3.8) is 0 Å². The van der Waals surface area contributed by atoms with E-state index in [2.05, 4.69) is 15.0 Å². The number of nitrogens with one attached hydrogen (secondary N) is 1. The molecule has 0 spiro atoms. The molecule has 174 valence electrons. The lowest BCUT2D eigenvalue weighted by atomic mass is 10.0. The van der Waals surface area contributed by atoms with Crippen molar-refractivity contribution in [1.82, 2.24) is 29.4 Å². The quantitative estimate of drug-likeness (QED) is 0.378. The van der Waals surface area contributed by atoms with Crippen LogP contribution in [0, 0.1) is 0 Å². The standard InChI is InChI=1S/C23H23N7O4/c1-12(31)22(33)29-8-6-14(7-9-29)30-20-15(21(32)28-23(30)34)11-25-17-4-3-16(27-19(17)20)13-2-5-18(24)26-10-13/h2-5,10-12,14,31H,6-9H2,1H3,(H2,24,26)(H,28,32,34)/t12-/m1/s1. The van der Waals surface area contributed by atoms with Crippen LogP contribution >= 0.6 is 0 Å². The van der Waals surface area contributed by atoms with Crippen LogP contribution in [-0.2, 0) is 4.79 Å². The molecule has 11 nitrogen and oxygen atoms in total. The Labute approximate surface area is 192 Å². The Morgan fingerprint density at radius 3 is 2.59 bits per heavy atom. The maximum absolute atomic E-state index is 13.0. The molecule has 5 heterocycles. The van der Waals surface area contributed by atoms with Crippen LogP contribution in [0.3, 0.4) is 0 Å². The number of nitrogens with zero attached hydrogens (tertiary/aromatic N) is 5. The van der Waals surface area contributed by atoms with E-state index in [1.807, 2.05) is 0 Å². The lowest BCUT2D eigenvalue weighted by molar-refractivity contribution is -0.140. The van der Waals surface area contributed by atoms with Gasteiger partial charge in [0, 0.05) is 37.1 Å². The minimum atomic E-state index is -1.08. The number of hydrogen-bond acceptors (Lipinski definition) is 8. The highest BCUT2D eigenvalue weighted by Crippen LogP contribution is 2.29. The van der Waals surface area contributed by atoms with E-state index in [-0.39, 0.29) is 17.3 Å². The second-order valence-corrected chi connectivity index (χ2v) is 8.42. The Kier molecular flexibility index (Phi) is 5.33. The first-order valence-electron chi connectivity index (χ1n) is 11.0. The summed E-state index contributed by atoms with van der Waals surface area (Å²) >= 11 is 0. The summed E-state index contributed by atoms with van der Waals surface area (Å²) in [5.41, 5.74) is 7.34. The minimum absolute atomic E-state index is 0.259. The molecule has 5 rings (SSSR count). The fourth-order valence-corrected chi connectivity index (χ4v) is 4.46. The monoisotopic (exact) mass is 461 g/mol. The van der Waals surface area contributed by atoms with Crippen LogP contribution in [0.1, 0.15) is 25.8 Å². The summed E-state index contributed by atoms with van der Waals surface area (Å²) in [6, 6.07) is 6.78. The predicted molar refractivity (Wildman–Crippen MR) is 126 cm³/mol. The number of fused-ring (bicyclic) bond motifs is 3. The molecule has 34 heavy (non-hydrogen) atoms. The largest absolute Gasteiger partial charge is 0.384 e. The van der Waals surface area contributed by atoms with E-state index in [1.54, 1.807) is 39.9 Å². The van der Waals surface area contributed by atoms with Crippen molar-refractivity contribution in [2.24, 2.45) is 0 Å². The number of hydrogen-bond donors (Lipinski definition) is 3. The number of aliphatic hydroxyl groups excluding tert-OH is 1. The average Bonchev–Trinajstić information content (AvgIpc) is 2.84. The molecule has 11 heteroatoms. The molecule has 0 aliphatic carbocycles. The highest BCUT2D eigenvalue weighted by atomic mass is 16.3. The Balaban J connectivity index is 1.66. The number of amides is 1. The van der Waals surface area contributed by atoms with E-state index in [1.165, 1.54) is 13.1 Å². The number of piperidine rings is 1. The SMILES string of the molecule is C[C@@H](O)C(=O)N1CCC(n2c(=O)[nH]c(=O)c3cnc4ccc(-c5ccc(N)nc5)nc4c32)CC1. The molecule has 0 saturated carbocycles.